The number of imidazole rings is 1. The normalized spacial score (nSPS) is 11.9. The van der Waals surface area contributed by atoms with Crippen LogP contribution < -0.4 is 5.46 Å². The molecule has 0 aliphatic carbocycles. The number of aromatic nitrogens is 2. The van der Waals surface area contributed by atoms with Crippen LogP contribution in [-0.2, 0) is 11.3 Å². The summed E-state index contributed by atoms with van der Waals surface area (Å²) in [6.45, 7) is 0.532. The lowest BCUT2D eigenvalue weighted by Gasteiger charge is -2.03. The minimum atomic E-state index is 0.532. The van der Waals surface area contributed by atoms with E-state index in [1.165, 1.54) is 0 Å². The highest BCUT2D eigenvalue weighted by Crippen LogP contribution is 2.31. The standard InChI is InChI=1S/C9H9BIN2OP/c1-14-5-9-12-7-3-2-6(10)4-8(7)13(9)15-11/h2-4,15H,5H2,1H3. The van der Waals surface area contributed by atoms with Crippen LogP contribution in [0.5, 0.6) is 0 Å². The SMILES string of the molecule is [B]c1ccc2nc(COC)n(PI)c2c1. The molecule has 1 aromatic heterocycles. The lowest BCUT2D eigenvalue weighted by Crippen LogP contribution is -2.00. The monoisotopic (exact) mass is 330 g/mol. The van der Waals surface area contributed by atoms with E-state index in [9.17, 15) is 0 Å². The van der Waals surface area contributed by atoms with Gasteiger partial charge in [-0.25, -0.2) is 4.98 Å². The molecule has 0 amide bonds. The molecule has 6 heteroatoms. The third kappa shape index (κ3) is 2.19. The Morgan fingerprint density at radius 2 is 2.40 bits per heavy atom. The van der Waals surface area contributed by atoms with Crippen molar-refractivity contribution >= 4 is 52.8 Å². The van der Waals surface area contributed by atoms with Gasteiger partial charge in [0.25, 0.3) is 0 Å². The first kappa shape index (κ1) is 11.4. The fraction of sp³-hybridized carbons (Fsp3) is 0.222. The van der Waals surface area contributed by atoms with Gasteiger partial charge in [0.15, 0.2) is 0 Å². The Morgan fingerprint density at radius 1 is 1.60 bits per heavy atom. The molecule has 3 nitrogen and oxygen atoms in total. The molecule has 0 aliphatic rings. The third-order valence-electron chi connectivity index (χ3n) is 2.11. The molecule has 0 aliphatic heterocycles. The van der Waals surface area contributed by atoms with Crippen molar-refractivity contribution in [3.63, 3.8) is 0 Å². The zero-order valence-electron chi connectivity index (χ0n) is 8.20. The number of methoxy groups -OCH3 is 1. The Morgan fingerprint density at radius 3 is 3.07 bits per heavy atom. The Hall–Kier alpha value is -0.125. The van der Waals surface area contributed by atoms with Gasteiger partial charge in [-0.1, -0.05) is 11.5 Å². The van der Waals surface area contributed by atoms with Crippen LogP contribution in [-0.4, -0.2) is 24.3 Å². The predicted molar refractivity (Wildman–Crippen MR) is 73.6 cm³/mol. The highest BCUT2D eigenvalue weighted by atomic mass is 127. The van der Waals surface area contributed by atoms with E-state index in [0.29, 0.717) is 13.0 Å². The molecule has 2 radical (unpaired) electrons. The molecule has 0 saturated heterocycles. The molecule has 76 valence electrons. The Balaban J connectivity index is 2.63. The quantitative estimate of drug-likeness (QED) is 0.487. The van der Waals surface area contributed by atoms with Gasteiger partial charge in [0.2, 0.25) is 0 Å². The number of benzene rings is 1. The number of ether oxygens (including phenoxy) is 1. The van der Waals surface area contributed by atoms with Crippen molar-refractivity contribution in [2.24, 2.45) is 0 Å². The summed E-state index contributed by atoms with van der Waals surface area (Å²) in [5, 5.41) is 0. The molecule has 2 rings (SSSR count). The van der Waals surface area contributed by atoms with Crippen LogP contribution in [0.25, 0.3) is 11.0 Å². The summed E-state index contributed by atoms with van der Waals surface area (Å²) >= 11 is 2.33. The molecule has 1 unspecified atom stereocenters. The molecule has 15 heavy (non-hydrogen) atoms. The summed E-state index contributed by atoms with van der Waals surface area (Å²) in [6.07, 6.45) is 0.602. The van der Waals surface area contributed by atoms with Crippen molar-refractivity contribution in [3.05, 3.63) is 24.0 Å². The maximum Gasteiger partial charge on any atom is 0.139 e. The van der Waals surface area contributed by atoms with Gasteiger partial charge < -0.3 is 4.74 Å². The molecule has 0 fully saturated rings. The Kier molecular flexibility index (Phi) is 3.64. The highest BCUT2D eigenvalue weighted by Gasteiger charge is 2.09. The van der Waals surface area contributed by atoms with Gasteiger partial charge >= 0.3 is 0 Å². The van der Waals surface area contributed by atoms with Crippen LogP contribution in [0.15, 0.2) is 18.2 Å². The van der Waals surface area contributed by atoms with Gasteiger partial charge in [0.1, 0.15) is 20.3 Å². The topological polar surface area (TPSA) is 27.1 Å². The predicted octanol–water partition coefficient (Wildman–Crippen LogP) is 1.77. The second kappa shape index (κ2) is 4.81. The van der Waals surface area contributed by atoms with Crippen LogP contribution in [0.1, 0.15) is 5.82 Å². The van der Waals surface area contributed by atoms with Crippen molar-refractivity contribution in [1.29, 1.82) is 0 Å². The zero-order chi connectivity index (χ0) is 10.8. The van der Waals surface area contributed by atoms with Crippen molar-refractivity contribution < 1.29 is 4.74 Å². The van der Waals surface area contributed by atoms with Gasteiger partial charge in [-0.3, -0.25) is 4.34 Å². The largest absolute Gasteiger partial charge is 0.377 e. The molecule has 1 aromatic carbocycles. The van der Waals surface area contributed by atoms with Crippen molar-refractivity contribution in [2.75, 3.05) is 7.11 Å². The highest BCUT2D eigenvalue weighted by molar-refractivity contribution is 14.2. The van der Waals surface area contributed by atoms with E-state index in [1.54, 1.807) is 7.11 Å². The van der Waals surface area contributed by atoms with Gasteiger partial charge in [0.05, 0.1) is 11.0 Å². The fourth-order valence-corrected chi connectivity index (χ4v) is 3.56. The lowest BCUT2D eigenvalue weighted by molar-refractivity contribution is 0.178. The maximum atomic E-state index is 5.76. The van der Waals surface area contributed by atoms with Crippen LogP contribution in [0.4, 0.5) is 0 Å². The van der Waals surface area contributed by atoms with Crippen LogP contribution >= 0.6 is 28.4 Å². The molecular weight excluding hydrogens is 321 g/mol. The average Bonchev–Trinajstić information content (AvgIpc) is 2.55. The van der Waals surface area contributed by atoms with Gasteiger partial charge in [0, 0.05) is 13.5 Å². The van der Waals surface area contributed by atoms with Crippen molar-refractivity contribution in [1.82, 2.24) is 9.32 Å². The molecule has 1 atom stereocenters. The zero-order valence-corrected chi connectivity index (χ0v) is 11.4. The fourth-order valence-electron chi connectivity index (χ4n) is 1.46. The van der Waals surface area contributed by atoms with Crippen LogP contribution in [0, 0.1) is 0 Å². The third-order valence-corrected chi connectivity index (χ3v) is 4.22. The number of nitrogens with zero attached hydrogens (tertiary/aromatic N) is 2. The maximum absolute atomic E-state index is 5.76. The number of rotatable bonds is 3. The first-order valence-electron chi connectivity index (χ1n) is 4.38. The first-order chi connectivity index (χ1) is 7.26. The summed E-state index contributed by atoms with van der Waals surface area (Å²) < 4.78 is 7.25. The number of fused-ring (bicyclic) bond motifs is 1. The molecule has 0 bridgehead atoms. The molecule has 0 N–H and O–H groups in total. The van der Waals surface area contributed by atoms with E-state index < -0.39 is 0 Å². The molecule has 0 spiro atoms. The van der Waals surface area contributed by atoms with Gasteiger partial charge in [-0.15, -0.1) is 0 Å². The van der Waals surface area contributed by atoms with E-state index in [0.717, 1.165) is 22.3 Å². The minimum absolute atomic E-state index is 0.532. The van der Waals surface area contributed by atoms with Crippen LogP contribution in [0.2, 0.25) is 0 Å². The van der Waals surface area contributed by atoms with E-state index >= 15 is 0 Å². The summed E-state index contributed by atoms with van der Waals surface area (Å²) in [5.74, 6) is 0.950. The smallest absolute Gasteiger partial charge is 0.139 e. The minimum Gasteiger partial charge on any atom is -0.377 e. The molecule has 2 aromatic rings. The second-order valence-corrected chi connectivity index (χ2v) is 5.19. The van der Waals surface area contributed by atoms with Gasteiger partial charge in [-0.05, 0) is 34.2 Å². The van der Waals surface area contributed by atoms with Crippen LogP contribution in [0.3, 0.4) is 0 Å². The van der Waals surface area contributed by atoms with Gasteiger partial charge in [-0.2, -0.15) is 0 Å². The summed E-state index contributed by atoms with van der Waals surface area (Å²) in [7, 11) is 7.43. The summed E-state index contributed by atoms with van der Waals surface area (Å²) in [5.41, 5.74) is 2.82. The Labute approximate surface area is 104 Å². The number of hydrogen-bond donors (Lipinski definition) is 0. The molecular formula is C9H9BIN2OP. The second-order valence-electron chi connectivity index (χ2n) is 3.13. The van der Waals surface area contributed by atoms with E-state index in [1.807, 2.05) is 18.2 Å². The number of hydrogen-bond acceptors (Lipinski definition) is 2. The lowest BCUT2D eigenvalue weighted by atomic mass is 9.96. The van der Waals surface area contributed by atoms with E-state index in [-0.39, 0.29) is 0 Å². The first-order valence-corrected chi connectivity index (χ1v) is 8.45. The average molecular weight is 330 g/mol. The summed E-state index contributed by atoms with van der Waals surface area (Å²) in [6, 6.07) is 5.76. The Bertz CT molecular complexity index is 488. The number of halogens is 1. The van der Waals surface area contributed by atoms with E-state index in [4.69, 9.17) is 12.6 Å². The van der Waals surface area contributed by atoms with Crippen molar-refractivity contribution in [3.8, 4) is 0 Å². The van der Waals surface area contributed by atoms with Crippen molar-refractivity contribution in [2.45, 2.75) is 6.61 Å². The summed E-state index contributed by atoms with van der Waals surface area (Å²) in [4.78, 5) is 4.50. The molecule has 1 heterocycles. The van der Waals surface area contributed by atoms with E-state index in [2.05, 4.69) is 31.4 Å². The molecule has 0 saturated carbocycles.